The van der Waals surface area contributed by atoms with Crippen LogP contribution in [-0.2, 0) is 0 Å². The van der Waals surface area contributed by atoms with E-state index in [1.807, 2.05) is 13.8 Å². The van der Waals surface area contributed by atoms with E-state index in [1.54, 1.807) is 12.4 Å². The van der Waals surface area contributed by atoms with Gasteiger partial charge in [0.05, 0.1) is 18.5 Å². The van der Waals surface area contributed by atoms with Crippen molar-refractivity contribution in [2.75, 3.05) is 45.6 Å². The number of piperidine rings is 1. The second-order valence-electron chi connectivity index (χ2n) is 6.37. The maximum absolute atomic E-state index is 5.56. The van der Waals surface area contributed by atoms with Gasteiger partial charge in [0.15, 0.2) is 0 Å². The Kier molecular flexibility index (Phi) is 6.39. The summed E-state index contributed by atoms with van der Waals surface area (Å²) in [6.07, 6.45) is 6.01. The van der Waals surface area contributed by atoms with E-state index in [0.29, 0.717) is 5.88 Å². The third-order valence-electron chi connectivity index (χ3n) is 3.99. The van der Waals surface area contributed by atoms with Crippen LogP contribution in [0.25, 0.3) is 0 Å². The van der Waals surface area contributed by atoms with Gasteiger partial charge in [0.1, 0.15) is 5.82 Å². The molecule has 0 aromatic carbocycles. The topological polar surface area (TPSA) is 53.5 Å². The van der Waals surface area contributed by atoms with Crippen LogP contribution in [0.2, 0.25) is 0 Å². The molecule has 1 aliphatic heterocycles. The first-order valence-corrected chi connectivity index (χ1v) is 8.16. The fourth-order valence-corrected chi connectivity index (χ4v) is 2.73. The van der Waals surface area contributed by atoms with Crippen LogP contribution in [0, 0.1) is 0 Å². The molecular weight excluding hydrogens is 278 g/mol. The largest absolute Gasteiger partial charge is 0.474 e. The number of rotatable bonds is 7. The standard InChI is InChI=1S/C16H29N5O/c1-13(2)22-16-12-17-11-15(19-16)18-7-10-21-8-5-14(6-9-21)20(3)4/h11-14H,5-10H2,1-4H3,(H,18,19). The second kappa shape index (κ2) is 8.29. The molecule has 1 saturated heterocycles. The van der Waals surface area contributed by atoms with Gasteiger partial charge in [0, 0.05) is 19.1 Å². The number of ether oxygens (including phenoxy) is 1. The van der Waals surface area contributed by atoms with E-state index in [2.05, 4.69) is 39.2 Å². The number of nitrogens with zero attached hydrogens (tertiary/aromatic N) is 4. The normalized spacial score (nSPS) is 17.2. The molecule has 1 fully saturated rings. The van der Waals surface area contributed by atoms with Gasteiger partial charge in [-0.3, -0.25) is 4.98 Å². The van der Waals surface area contributed by atoms with Gasteiger partial charge in [-0.05, 0) is 53.9 Å². The van der Waals surface area contributed by atoms with Gasteiger partial charge in [-0.1, -0.05) is 0 Å². The van der Waals surface area contributed by atoms with Gasteiger partial charge in [-0.2, -0.15) is 4.98 Å². The fraction of sp³-hybridized carbons (Fsp3) is 0.750. The SMILES string of the molecule is CC(C)Oc1cncc(NCCN2CCC(N(C)C)CC2)n1. The molecular formula is C16H29N5O. The van der Waals surface area contributed by atoms with E-state index in [0.717, 1.165) is 24.9 Å². The Bertz CT molecular complexity index is 444. The molecule has 0 radical (unpaired) electrons. The average Bonchev–Trinajstić information content (AvgIpc) is 2.47. The minimum absolute atomic E-state index is 0.113. The second-order valence-corrected chi connectivity index (χ2v) is 6.37. The van der Waals surface area contributed by atoms with Gasteiger partial charge in [-0.15, -0.1) is 0 Å². The summed E-state index contributed by atoms with van der Waals surface area (Å²) >= 11 is 0. The first-order chi connectivity index (χ1) is 10.5. The molecule has 1 aromatic rings. The molecule has 124 valence electrons. The zero-order valence-corrected chi connectivity index (χ0v) is 14.2. The predicted molar refractivity (Wildman–Crippen MR) is 89.4 cm³/mol. The van der Waals surface area contributed by atoms with Crippen molar-refractivity contribution in [2.45, 2.75) is 38.8 Å². The van der Waals surface area contributed by atoms with Crippen molar-refractivity contribution >= 4 is 5.82 Å². The first-order valence-electron chi connectivity index (χ1n) is 8.16. The Balaban J connectivity index is 1.71. The van der Waals surface area contributed by atoms with E-state index in [4.69, 9.17) is 4.74 Å². The molecule has 2 rings (SSSR count). The Morgan fingerprint density at radius 2 is 2.05 bits per heavy atom. The summed E-state index contributed by atoms with van der Waals surface area (Å²) in [4.78, 5) is 13.4. The predicted octanol–water partition coefficient (Wildman–Crippen LogP) is 1.70. The van der Waals surface area contributed by atoms with Crippen molar-refractivity contribution in [2.24, 2.45) is 0 Å². The molecule has 2 heterocycles. The number of anilines is 1. The number of nitrogens with one attached hydrogen (secondary N) is 1. The molecule has 0 bridgehead atoms. The van der Waals surface area contributed by atoms with Gasteiger partial charge in [0.25, 0.3) is 0 Å². The minimum Gasteiger partial charge on any atom is -0.474 e. The lowest BCUT2D eigenvalue weighted by Crippen LogP contribution is -2.43. The van der Waals surface area contributed by atoms with Gasteiger partial charge < -0.3 is 19.9 Å². The fourth-order valence-electron chi connectivity index (χ4n) is 2.73. The Morgan fingerprint density at radius 3 is 2.68 bits per heavy atom. The first kappa shape index (κ1) is 17.0. The zero-order chi connectivity index (χ0) is 15.9. The summed E-state index contributed by atoms with van der Waals surface area (Å²) in [5.74, 6) is 1.35. The van der Waals surface area contributed by atoms with Crippen molar-refractivity contribution in [1.29, 1.82) is 0 Å². The quantitative estimate of drug-likeness (QED) is 0.827. The molecule has 0 unspecified atom stereocenters. The maximum atomic E-state index is 5.56. The molecule has 1 N–H and O–H groups in total. The molecule has 6 nitrogen and oxygen atoms in total. The van der Waals surface area contributed by atoms with Crippen molar-refractivity contribution in [3.8, 4) is 5.88 Å². The lowest BCUT2D eigenvalue weighted by atomic mass is 10.0. The van der Waals surface area contributed by atoms with E-state index >= 15 is 0 Å². The third kappa shape index (κ3) is 5.42. The van der Waals surface area contributed by atoms with Crippen molar-refractivity contribution in [1.82, 2.24) is 19.8 Å². The lowest BCUT2D eigenvalue weighted by Gasteiger charge is -2.35. The lowest BCUT2D eigenvalue weighted by molar-refractivity contribution is 0.148. The molecule has 0 amide bonds. The number of aromatic nitrogens is 2. The van der Waals surface area contributed by atoms with Gasteiger partial charge in [0.2, 0.25) is 5.88 Å². The van der Waals surface area contributed by atoms with Crippen LogP contribution in [0.5, 0.6) is 5.88 Å². The van der Waals surface area contributed by atoms with Crippen LogP contribution in [0.15, 0.2) is 12.4 Å². The minimum atomic E-state index is 0.113. The number of hydrogen-bond donors (Lipinski definition) is 1. The highest BCUT2D eigenvalue weighted by Crippen LogP contribution is 2.14. The monoisotopic (exact) mass is 307 g/mol. The average molecular weight is 307 g/mol. The molecule has 0 atom stereocenters. The molecule has 0 saturated carbocycles. The molecule has 0 aliphatic carbocycles. The van der Waals surface area contributed by atoms with E-state index in [9.17, 15) is 0 Å². The maximum Gasteiger partial charge on any atom is 0.234 e. The van der Waals surface area contributed by atoms with Crippen LogP contribution >= 0.6 is 0 Å². The summed E-state index contributed by atoms with van der Waals surface area (Å²) in [7, 11) is 4.35. The number of likely N-dealkylation sites (tertiary alicyclic amines) is 1. The van der Waals surface area contributed by atoms with Gasteiger partial charge >= 0.3 is 0 Å². The van der Waals surface area contributed by atoms with Crippen molar-refractivity contribution in [3.63, 3.8) is 0 Å². The van der Waals surface area contributed by atoms with Crippen LogP contribution in [0.4, 0.5) is 5.82 Å². The zero-order valence-electron chi connectivity index (χ0n) is 14.2. The molecule has 22 heavy (non-hydrogen) atoms. The van der Waals surface area contributed by atoms with E-state index in [-0.39, 0.29) is 6.10 Å². The molecule has 1 aromatic heterocycles. The highest BCUT2D eigenvalue weighted by molar-refractivity contribution is 5.33. The van der Waals surface area contributed by atoms with Crippen LogP contribution in [-0.4, -0.2) is 72.2 Å². The van der Waals surface area contributed by atoms with E-state index < -0.39 is 0 Å². The highest BCUT2D eigenvalue weighted by Gasteiger charge is 2.19. The van der Waals surface area contributed by atoms with Crippen molar-refractivity contribution in [3.05, 3.63) is 12.4 Å². The van der Waals surface area contributed by atoms with E-state index in [1.165, 1.54) is 25.9 Å². The van der Waals surface area contributed by atoms with Gasteiger partial charge in [-0.25, -0.2) is 0 Å². The summed E-state index contributed by atoms with van der Waals surface area (Å²) in [5, 5.41) is 3.33. The highest BCUT2D eigenvalue weighted by atomic mass is 16.5. The third-order valence-corrected chi connectivity index (χ3v) is 3.99. The Labute approximate surface area is 133 Å². The Morgan fingerprint density at radius 1 is 1.32 bits per heavy atom. The molecule has 1 aliphatic rings. The Hall–Kier alpha value is -1.40. The molecule has 0 spiro atoms. The van der Waals surface area contributed by atoms with Crippen LogP contribution in [0.3, 0.4) is 0 Å². The van der Waals surface area contributed by atoms with Crippen LogP contribution in [0.1, 0.15) is 26.7 Å². The number of hydrogen-bond acceptors (Lipinski definition) is 6. The summed E-state index contributed by atoms with van der Waals surface area (Å²) in [5.41, 5.74) is 0. The molecule has 6 heteroatoms. The van der Waals surface area contributed by atoms with Crippen molar-refractivity contribution < 1.29 is 4.74 Å². The smallest absolute Gasteiger partial charge is 0.234 e. The summed E-state index contributed by atoms with van der Waals surface area (Å²) in [6.45, 7) is 8.24. The summed E-state index contributed by atoms with van der Waals surface area (Å²) < 4.78 is 5.56. The van der Waals surface area contributed by atoms with Crippen LogP contribution < -0.4 is 10.1 Å². The summed E-state index contributed by atoms with van der Waals surface area (Å²) in [6, 6.07) is 0.736.